The van der Waals surface area contributed by atoms with E-state index >= 15 is 0 Å². The Hall–Kier alpha value is -2.73. The van der Waals surface area contributed by atoms with Crippen LogP contribution in [0.2, 0.25) is 5.15 Å². The summed E-state index contributed by atoms with van der Waals surface area (Å²) < 4.78 is 5.26. The molecule has 3 aromatic rings. The average molecular weight is 385 g/mol. The van der Waals surface area contributed by atoms with Gasteiger partial charge in [-0.05, 0) is 23.1 Å². The largest absolute Gasteiger partial charge is 0.339 e. The molecule has 0 aliphatic carbocycles. The zero-order valence-electron chi connectivity index (χ0n) is 15.5. The molecule has 0 saturated heterocycles. The summed E-state index contributed by atoms with van der Waals surface area (Å²) in [4.78, 5) is 20.3. The molecule has 0 fully saturated rings. The number of amides is 1. The number of halogens is 1. The van der Waals surface area contributed by atoms with Crippen LogP contribution in [0.5, 0.6) is 0 Å². The topological polar surface area (TPSA) is 80.9 Å². The average Bonchev–Trinajstić information content (AvgIpc) is 3.10. The van der Waals surface area contributed by atoms with E-state index in [9.17, 15) is 4.79 Å². The van der Waals surface area contributed by atoms with Crippen LogP contribution in [0, 0.1) is 0 Å². The number of hydrogen-bond acceptors (Lipinski definition) is 5. The van der Waals surface area contributed by atoms with Gasteiger partial charge in [0.15, 0.2) is 0 Å². The molecule has 0 bridgehead atoms. The summed E-state index contributed by atoms with van der Waals surface area (Å²) in [6, 6.07) is 11.4. The summed E-state index contributed by atoms with van der Waals surface area (Å²) in [6.45, 7) is 6.50. The Kier molecular flexibility index (Phi) is 5.56. The third kappa shape index (κ3) is 5.14. The number of rotatable bonds is 5. The van der Waals surface area contributed by atoms with Crippen LogP contribution in [-0.4, -0.2) is 21.0 Å². The molecule has 6 nitrogen and oxygen atoms in total. The van der Waals surface area contributed by atoms with Gasteiger partial charge in [0.05, 0.1) is 11.9 Å². The van der Waals surface area contributed by atoms with Crippen LogP contribution in [-0.2, 0) is 16.6 Å². The Morgan fingerprint density at radius 2 is 1.89 bits per heavy atom. The predicted molar refractivity (Wildman–Crippen MR) is 105 cm³/mol. The second kappa shape index (κ2) is 7.88. The van der Waals surface area contributed by atoms with Crippen molar-refractivity contribution < 1.29 is 9.32 Å². The van der Waals surface area contributed by atoms with Crippen LogP contribution in [0.3, 0.4) is 0 Å². The molecule has 0 aliphatic rings. The standard InChI is InChI=1S/C20H21ClN4O2/c1-20(2,3)14-6-4-13(5-7-14)19-24-18(27-25-19)11-10-17(26)23-15-8-9-16(21)22-12-15/h4-9,12H,10-11H2,1-3H3,(H,23,26). The minimum Gasteiger partial charge on any atom is -0.339 e. The molecule has 1 amide bonds. The van der Waals surface area contributed by atoms with Crippen molar-refractivity contribution in [3.05, 3.63) is 59.2 Å². The van der Waals surface area contributed by atoms with E-state index in [-0.39, 0.29) is 17.7 Å². The fourth-order valence-corrected chi connectivity index (χ4v) is 2.60. The number of aryl methyl sites for hydroxylation is 1. The van der Waals surface area contributed by atoms with Crippen LogP contribution in [0.4, 0.5) is 5.69 Å². The number of benzene rings is 1. The summed E-state index contributed by atoms with van der Waals surface area (Å²) in [5, 5.41) is 7.13. The number of pyridine rings is 1. The number of nitrogens with zero attached hydrogens (tertiary/aromatic N) is 3. The van der Waals surface area contributed by atoms with Crippen LogP contribution in [0.15, 0.2) is 47.1 Å². The Balaban J connectivity index is 1.57. The van der Waals surface area contributed by atoms with Crippen molar-refractivity contribution in [1.82, 2.24) is 15.1 Å². The Morgan fingerprint density at radius 3 is 2.52 bits per heavy atom. The second-order valence-corrected chi connectivity index (χ2v) is 7.64. The lowest BCUT2D eigenvalue weighted by atomic mass is 9.87. The fraction of sp³-hybridized carbons (Fsp3) is 0.300. The molecule has 0 saturated carbocycles. The molecule has 0 unspecified atom stereocenters. The maximum atomic E-state index is 12.0. The lowest BCUT2D eigenvalue weighted by Gasteiger charge is -2.18. The van der Waals surface area contributed by atoms with Crippen molar-refractivity contribution in [3.8, 4) is 11.4 Å². The van der Waals surface area contributed by atoms with Crippen LogP contribution in [0.1, 0.15) is 38.6 Å². The second-order valence-electron chi connectivity index (χ2n) is 7.26. The molecular weight excluding hydrogens is 364 g/mol. The van der Waals surface area contributed by atoms with Gasteiger partial charge >= 0.3 is 0 Å². The number of carbonyl (C=O) groups is 1. The molecule has 1 aromatic carbocycles. The van der Waals surface area contributed by atoms with Crippen molar-refractivity contribution in [3.63, 3.8) is 0 Å². The van der Waals surface area contributed by atoms with Gasteiger partial charge in [-0.1, -0.05) is 61.8 Å². The summed E-state index contributed by atoms with van der Waals surface area (Å²) in [7, 11) is 0. The van der Waals surface area contributed by atoms with Gasteiger partial charge in [-0.2, -0.15) is 4.98 Å². The smallest absolute Gasteiger partial charge is 0.227 e. The first-order chi connectivity index (χ1) is 12.8. The molecule has 140 valence electrons. The van der Waals surface area contributed by atoms with Crippen molar-refractivity contribution >= 4 is 23.2 Å². The van der Waals surface area contributed by atoms with E-state index in [2.05, 4.69) is 53.3 Å². The lowest BCUT2D eigenvalue weighted by molar-refractivity contribution is -0.116. The number of aromatic nitrogens is 3. The quantitative estimate of drug-likeness (QED) is 0.647. The van der Waals surface area contributed by atoms with Gasteiger partial charge in [0.25, 0.3) is 0 Å². The maximum absolute atomic E-state index is 12.0. The molecule has 0 aliphatic heterocycles. The molecule has 3 rings (SSSR count). The number of nitrogens with one attached hydrogen (secondary N) is 1. The van der Waals surface area contributed by atoms with Gasteiger partial charge < -0.3 is 9.84 Å². The van der Waals surface area contributed by atoms with Crippen molar-refractivity contribution in [1.29, 1.82) is 0 Å². The molecule has 0 radical (unpaired) electrons. The van der Waals surface area contributed by atoms with E-state index in [4.69, 9.17) is 16.1 Å². The normalized spacial score (nSPS) is 11.4. The zero-order valence-corrected chi connectivity index (χ0v) is 16.2. The molecule has 0 spiro atoms. The molecular formula is C20H21ClN4O2. The first-order valence-electron chi connectivity index (χ1n) is 8.66. The minimum atomic E-state index is -0.159. The van der Waals surface area contributed by atoms with Crippen molar-refractivity contribution in [2.24, 2.45) is 0 Å². The first-order valence-corrected chi connectivity index (χ1v) is 9.04. The Bertz CT molecular complexity index is 912. The lowest BCUT2D eigenvalue weighted by Crippen LogP contribution is -2.12. The van der Waals surface area contributed by atoms with Gasteiger partial charge in [0.1, 0.15) is 5.15 Å². The number of carbonyl (C=O) groups excluding carboxylic acids is 1. The van der Waals surface area contributed by atoms with E-state index in [1.54, 1.807) is 12.1 Å². The predicted octanol–water partition coefficient (Wildman–Crippen LogP) is 4.65. The maximum Gasteiger partial charge on any atom is 0.227 e. The van der Waals surface area contributed by atoms with Crippen LogP contribution >= 0.6 is 11.6 Å². The zero-order chi connectivity index (χ0) is 19.4. The van der Waals surface area contributed by atoms with Gasteiger partial charge in [-0.15, -0.1) is 0 Å². The molecule has 1 N–H and O–H groups in total. The van der Waals surface area contributed by atoms with Crippen LogP contribution in [0.25, 0.3) is 11.4 Å². The van der Waals surface area contributed by atoms with Crippen LogP contribution < -0.4 is 5.32 Å². The van der Waals surface area contributed by atoms with E-state index in [1.165, 1.54) is 11.8 Å². The summed E-state index contributed by atoms with van der Waals surface area (Å²) >= 11 is 5.72. The highest BCUT2D eigenvalue weighted by Crippen LogP contribution is 2.25. The summed E-state index contributed by atoms with van der Waals surface area (Å²) in [5.41, 5.74) is 2.81. The highest BCUT2D eigenvalue weighted by molar-refractivity contribution is 6.29. The van der Waals surface area contributed by atoms with E-state index < -0.39 is 0 Å². The first kappa shape index (κ1) is 19.0. The Labute approximate surface area is 163 Å². The third-order valence-electron chi connectivity index (χ3n) is 4.05. The molecule has 0 atom stereocenters. The number of anilines is 1. The number of hydrogen-bond donors (Lipinski definition) is 1. The van der Waals surface area contributed by atoms with Crippen molar-refractivity contribution in [2.75, 3.05) is 5.32 Å². The SMILES string of the molecule is CC(C)(C)c1ccc(-c2noc(CCC(=O)Nc3ccc(Cl)nc3)n2)cc1. The van der Waals surface area contributed by atoms with Gasteiger partial charge in [0.2, 0.25) is 17.6 Å². The summed E-state index contributed by atoms with van der Waals surface area (Å²) in [5.74, 6) is 0.787. The van der Waals surface area contributed by atoms with Gasteiger partial charge in [0, 0.05) is 18.4 Å². The third-order valence-corrected chi connectivity index (χ3v) is 4.28. The van der Waals surface area contributed by atoms with Gasteiger partial charge in [-0.3, -0.25) is 4.79 Å². The molecule has 2 heterocycles. The van der Waals surface area contributed by atoms with Gasteiger partial charge in [-0.25, -0.2) is 4.98 Å². The highest BCUT2D eigenvalue weighted by atomic mass is 35.5. The monoisotopic (exact) mass is 384 g/mol. The van der Waals surface area contributed by atoms with E-state index in [1.807, 2.05) is 12.1 Å². The molecule has 2 aromatic heterocycles. The minimum absolute atomic E-state index is 0.0912. The molecule has 27 heavy (non-hydrogen) atoms. The van der Waals surface area contributed by atoms with Crippen molar-refractivity contribution in [2.45, 2.75) is 39.0 Å². The highest BCUT2D eigenvalue weighted by Gasteiger charge is 2.15. The Morgan fingerprint density at radius 1 is 1.15 bits per heavy atom. The van der Waals surface area contributed by atoms with E-state index in [0.717, 1.165) is 5.56 Å². The fourth-order valence-electron chi connectivity index (χ4n) is 2.49. The summed E-state index contributed by atoms with van der Waals surface area (Å²) in [6.07, 6.45) is 2.10. The van der Waals surface area contributed by atoms with E-state index in [0.29, 0.717) is 29.0 Å². The molecule has 7 heteroatoms.